The lowest BCUT2D eigenvalue weighted by Gasteiger charge is -2.26. The summed E-state index contributed by atoms with van der Waals surface area (Å²) in [4.78, 5) is 0. The molecule has 0 fully saturated rings. The number of benzene rings is 4. The van der Waals surface area contributed by atoms with Crippen molar-refractivity contribution in [2.75, 3.05) is 0 Å². The first-order valence-corrected chi connectivity index (χ1v) is 15.6. The van der Waals surface area contributed by atoms with Gasteiger partial charge in [0.05, 0.1) is 0 Å². The molecule has 0 heterocycles. The second-order valence-corrected chi connectivity index (χ2v) is 11.9. The van der Waals surface area contributed by atoms with Gasteiger partial charge in [-0.15, -0.1) is 0 Å². The van der Waals surface area contributed by atoms with Crippen molar-refractivity contribution in [3.63, 3.8) is 0 Å². The Labute approximate surface area is 257 Å². The molecule has 0 atom stereocenters. The van der Waals surface area contributed by atoms with Crippen LogP contribution >= 0.6 is 47.8 Å². The van der Waals surface area contributed by atoms with E-state index in [1.165, 1.54) is 33.4 Å². The predicted octanol–water partition coefficient (Wildman–Crippen LogP) is 10.4. The lowest BCUT2D eigenvalue weighted by molar-refractivity contribution is 0.288. The summed E-state index contributed by atoms with van der Waals surface area (Å²) in [7, 11) is 0. The molecule has 0 unspecified atom stereocenters. The van der Waals surface area contributed by atoms with E-state index in [1.54, 1.807) is 0 Å². The van der Waals surface area contributed by atoms with E-state index in [-0.39, 0.29) is 0 Å². The minimum absolute atomic E-state index is 0.495. The van der Waals surface area contributed by atoms with E-state index in [9.17, 15) is 0 Å². The molecule has 6 heteroatoms. The van der Waals surface area contributed by atoms with E-state index < -0.39 is 0 Å². The van der Waals surface area contributed by atoms with E-state index in [1.807, 2.05) is 72.8 Å². The predicted molar refractivity (Wildman–Crippen MR) is 170 cm³/mol. The van der Waals surface area contributed by atoms with Crippen molar-refractivity contribution in [2.24, 2.45) is 0 Å². The summed E-state index contributed by atoms with van der Waals surface area (Å²) in [6.07, 6.45) is 2.68. The monoisotopic (exact) mass is 714 g/mol. The zero-order valence-electron chi connectivity index (χ0n) is 22.5. The molecule has 0 amide bonds. The van der Waals surface area contributed by atoms with Crippen molar-refractivity contribution in [1.82, 2.24) is 0 Å². The van der Waals surface area contributed by atoms with Crippen LogP contribution in [0.3, 0.4) is 0 Å². The number of halogens is 3. The van der Waals surface area contributed by atoms with Crippen LogP contribution in [0.1, 0.15) is 54.2 Å². The highest BCUT2D eigenvalue weighted by atomic mass is 79.9. The number of ether oxygens (including phenoxy) is 3. The maximum absolute atomic E-state index is 6.35. The molecule has 0 saturated heterocycles. The minimum atomic E-state index is 0.495. The molecule has 3 nitrogen and oxygen atoms in total. The van der Waals surface area contributed by atoms with Gasteiger partial charge in [-0.1, -0.05) is 68.6 Å². The molecule has 0 saturated carbocycles. The van der Waals surface area contributed by atoms with Crippen molar-refractivity contribution in [3.8, 4) is 17.2 Å². The Morgan fingerprint density at radius 2 is 0.615 bits per heavy atom. The first-order valence-electron chi connectivity index (χ1n) is 13.3. The molecule has 0 bridgehead atoms. The third-order valence-corrected chi connectivity index (χ3v) is 8.42. The van der Waals surface area contributed by atoms with Gasteiger partial charge in [0.25, 0.3) is 0 Å². The smallest absolute Gasteiger partial charge is 0.119 e. The van der Waals surface area contributed by atoms with Crippen molar-refractivity contribution < 1.29 is 14.2 Å². The fraction of sp³-hybridized carbons (Fsp3) is 0.273. The lowest BCUT2D eigenvalue weighted by Crippen LogP contribution is -2.17. The van der Waals surface area contributed by atoms with Gasteiger partial charge in [0, 0.05) is 13.4 Å². The zero-order chi connectivity index (χ0) is 27.8. The molecule has 0 aliphatic carbocycles. The van der Waals surface area contributed by atoms with Crippen LogP contribution in [0.25, 0.3) is 0 Å². The first kappa shape index (κ1) is 29.7. The highest BCUT2D eigenvalue weighted by Gasteiger charge is 2.23. The molecule has 0 aromatic heterocycles. The summed E-state index contributed by atoms with van der Waals surface area (Å²) in [5, 5.41) is 0. The van der Waals surface area contributed by atoms with Gasteiger partial charge in [-0.3, -0.25) is 0 Å². The average Bonchev–Trinajstić information content (AvgIpc) is 2.95. The van der Waals surface area contributed by atoms with Crippen LogP contribution in [0.2, 0.25) is 0 Å². The van der Waals surface area contributed by atoms with Gasteiger partial charge in [-0.05, 0) is 125 Å². The van der Waals surface area contributed by atoms with Gasteiger partial charge >= 0.3 is 0 Å². The Morgan fingerprint density at radius 1 is 0.385 bits per heavy atom. The Hall–Kier alpha value is -2.28. The third-order valence-electron chi connectivity index (χ3n) is 6.84. The molecule has 4 rings (SSSR count). The summed E-state index contributed by atoms with van der Waals surface area (Å²) in [6.45, 7) is 8.15. The van der Waals surface area contributed by atoms with Gasteiger partial charge in [-0.2, -0.15) is 0 Å². The van der Waals surface area contributed by atoms with Gasteiger partial charge in [0.1, 0.15) is 37.1 Å². The summed E-state index contributed by atoms with van der Waals surface area (Å²) in [5.74, 6) is 2.55. The van der Waals surface area contributed by atoms with Crippen LogP contribution in [0.15, 0.2) is 86.2 Å². The highest BCUT2D eigenvalue weighted by Crippen LogP contribution is 2.34. The lowest BCUT2D eigenvalue weighted by atomic mass is 9.84. The topological polar surface area (TPSA) is 27.7 Å². The Balaban J connectivity index is 1.76. The first-order chi connectivity index (χ1) is 18.9. The van der Waals surface area contributed by atoms with Gasteiger partial charge in [0.2, 0.25) is 0 Å². The summed E-state index contributed by atoms with van der Waals surface area (Å²) in [5.41, 5.74) is 7.65. The van der Waals surface area contributed by atoms with Crippen molar-refractivity contribution in [1.29, 1.82) is 0 Å². The van der Waals surface area contributed by atoms with Gasteiger partial charge in [-0.25, -0.2) is 0 Å². The molecule has 4 aromatic carbocycles. The molecule has 0 radical (unpaired) electrons. The van der Waals surface area contributed by atoms with Crippen LogP contribution in [0, 0.1) is 0 Å². The maximum Gasteiger partial charge on any atom is 0.119 e. The molecule has 204 valence electrons. The number of rotatable bonds is 12. The Morgan fingerprint density at radius 3 is 0.821 bits per heavy atom. The molecule has 39 heavy (non-hydrogen) atoms. The molecular weight excluding hydrogens is 684 g/mol. The molecule has 0 spiro atoms. The summed E-state index contributed by atoms with van der Waals surface area (Å²) in [6, 6.07) is 24.0. The van der Waals surface area contributed by atoms with Gasteiger partial charge in [0.15, 0.2) is 0 Å². The minimum Gasteiger partial charge on any atom is -0.489 e. The van der Waals surface area contributed by atoms with E-state index >= 15 is 0 Å². The van der Waals surface area contributed by atoms with Crippen LogP contribution in [0.4, 0.5) is 0 Å². The maximum atomic E-state index is 6.35. The molecule has 0 aliphatic rings. The summed E-state index contributed by atoms with van der Waals surface area (Å²) < 4.78 is 22.2. The second kappa shape index (κ2) is 14.4. The van der Waals surface area contributed by atoms with Gasteiger partial charge < -0.3 is 14.2 Å². The third kappa shape index (κ3) is 7.68. The van der Waals surface area contributed by atoms with Crippen LogP contribution in [-0.4, -0.2) is 0 Å². The molecular formula is C33H33Br3O3. The fourth-order valence-corrected chi connectivity index (χ4v) is 5.75. The normalized spacial score (nSPS) is 10.9. The number of hydrogen-bond acceptors (Lipinski definition) is 3. The SMILES string of the molecule is CCc1c(COc2ccc(Br)cc2)c(CC)c(COc2ccc(Br)cc2)c(CC)c1COc1ccc(Br)cc1. The standard InChI is InChI=1S/C33H33Br3O3/c1-4-28-31(19-37-25-13-7-22(34)8-14-25)29(5-2)33(21-39-27-17-11-24(36)12-18-27)30(6-3)32(28)20-38-26-15-9-23(35)10-16-26/h7-18H,4-6,19-21H2,1-3H3. The van der Waals surface area contributed by atoms with Crippen molar-refractivity contribution in [3.05, 3.63) is 120 Å². The molecule has 0 N–H and O–H groups in total. The van der Waals surface area contributed by atoms with Crippen LogP contribution in [-0.2, 0) is 39.1 Å². The zero-order valence-corrected chi connectivity index (χ0v) is 27.3. The fourth-order valence-electron chi connectivity index (χ4n) is 4.95. The quantitative estimate of drug-likeness (QED) is 0.146. The van der Waals surface area contributed by atoms with E-state index in [2.05, 4.69) is 68.6 Å². The van der Waals surface area contributed by atoms with Crippen LogP contribution in [0.5, 0.6) is 17.2 Å². The van der Waals surface area contributed by atoms with Crippen molar-refractivity contribution >= 4 is 47.8 Å². The Bertz CT molecular complexity index is 1170. The highest BCUT2D eigenvalue weighted by molar-refractivity contribution is 9.11. The van der Waals surface area contributed by atoms with E-state index in [0.717, 1.165) is 49.9 Å². The summed E-state index contributed by atoms with van der Waals surface area (Å²) >= 11 is 10.5. The van der Waals surface area contributed by atoms with Crippen molar-refractivity contribution in [2.45, 2.75) is 59.9 Å². The van der Waals surface area contributed by atoms with Crippen LogP contribution < -0.4 is 14.2 Å². The second-order valence-electron chi connectivity index (χ2n) is 9.16. The van der Waals surface area contributed by atoms with E-state index in [0.29, 0.717) is 19.8 Å². The largest absolute Gasteiger partial charge is 0.489 e. The van der Waals surface area contributed by atoms with E-state index in [4.69, 9.17) is 14.2 Å². The molecule has 0 aliphatic heterocycles. The molecule has 4 aromatic rings. The number of hydrogen-bond donors (Lipinski definition) is 0. The Kier molecular flexibility index (Phi) is 11.0. The average molecular weight is 717 g/mol.